The molecule has 25 heavy (non-hydrogen) atoms. The molecule has 0 aromatic heterocycles. The Labute approximate surface area is 143 Å². The van der Waals surface area contributed by atoms with Gasteiger partial charge in [0.1, 0.15) is 17.8 Å². The number of amides is 4. The molecule has 1 aliphatic heterocycles. The topological polar surface area (TPSA) is 87.7 Å². The second-order valence-corrected chi connectivity index (χ2v) is 5.70. The van der Waals surface area contributed by atoms with Crippen LogP contribution >= 0.6 is 0 Å². The van der Waals surface area contributed by atoms with E-state index in [1.165, 1.54) is 31.2 Å². The normalized spacial score (nSPS) is 20.0. The lowest BCUT2D eigenvalue weighted by Crippen LogP contribution is -2.43. The predicted molar refractivity (Wildman–Crippen MR) is 84.0 cm³/mol. The Morgan fingerprint density at radius 3 is 2.52 bits per heavy atom. The van der Waals surface area contributed by atoms with Gasteiger partial charge >= 0.3 is 12.6 Å². The maximum Gasteiger partial charge on any atom is 0.387 e. The smallest absolute Gasteiger partial charge is 0.387 e. The fourth-order valence-electron chi connectivity index (χ4n) is 2.47. The predicted octanol–water partition coefficient (Wildman–Crippen LogP) is 1.58. The van der Waals surface area contributed by atoms with E-state index in [1.807, 2.05) is 6.92 Å². The summed E-state index contributed by atoms with van der Waals surface area (Å²) in [5, 5.41) is 5.13. The zero-order chi connectivity index (χ0) is 18.6. The number of ether oxygens (including phenoxy) is 1. The number of urea groups is 1. The summed E-state index contributed by atoms with van der Waals surface area (Å²) in [6.07, 6.45) is 0.733. The molecule has 2 N–H and O–H groups in total. The SMILES string of the molecule is CCCNC(=O)CN1C(=O)N[C@](C)(c2ccc(OC(F)F)cc2)C1=O. The molecule has 9 heteroatoms. The van der Waals surface area contributed by atoms with Gasteiger partial charge in [-0.3, -0.25) is 14.5 Å². The number of nitrogens with zero attached hydrogens (tertiary/aromatic N) is 1. The zero-order valence-electron chi connectivity index (χ0n) is 13.8. The zero-order valence-corrected chi connectivity index (χ0v) is 13.8. The molecule has 7 nitrogen and oxygen atoms in total. The van der Waals surface area contributed by atoms with Crippen molar-refractivity contribution in [2.45, 2.75) is 32.4 Å². The summed E-state index contributed by atoms with van der Waals surface area (Å²) in [6.45, 7) is 0.483. The summed E-state index contributed by atoms with van der Waals surface area (Å²) in [5.74, 6) is -1.09. The molecule has 1 atom stereocenters. The molecule has 1 aromatic carbocycles. The maximum absolute atomic E-state index is 12.6. The van der Waals surface area contributed by atoms with Crippen molar-refractivity contribution in [3.05, 3.63) is 29.8 Å². The van der Waals surface area contributed by atoms with Crippen LogP contribution in [-0.4, -0.2) is 42.4 Å². The van der Waals surface area contributed by atoms with E-state index in [2.05, 4.69) is 15.4 Å². The first-order valence-electron chi connectivity index (χ1n) is 7.74. The maximum atomic E-state index is 12.6. The quantitative estimate of drug-likeness (QED) is 0.727. The summed E-state index contributed by atoms with van der Waals surface area (Å²) in [4.78, 5) is 37.3. The standard InChI is InChI=1S/C16H19F2N3O4/c1-3-8-19-12(22)9-21-13(23)16(2,20-15(21)24)10-4-6-11(7-5-10)25-14(17)18/h4-7,14H,3,8-9H2,1-2H3,(H,19,22)(H,20,24)/t16-/m1/s1. The lowest BCUT2D eigenvalue weighted by atomic mass is 9.92. The van der Waals surface area contributed by atoms with Crippen molar-refractivity contribution in [1.82, 2.24) is 15.5 Å². The molecule has 136 valence electrons. The van der Waals surface area contributed by atoms with Crippen molar-refractivity contribution in [3.8, 4) is 5.75 Å². The molecule has 1 saturated heterocycles. The Bertz CT molecular complexity index is 666. The van der Waals surface area contributed by atoms with Crippen LogP contribution in [0, 0.1) is 0 Å². The number of rotatable bonds is 7. The van der Waals surface area contributed by atoms with E-state index >= 15 is 0 Å². The minimum atomic E-state index is -2.95. The van der Waals surface area contributed by atoms with E-state index in [0.29, 0.717) is 12.1 Å². The summed E-state index contributed by atoms with van der Waals surface area (Å²) in [5.41, 5.74) is -0.991. The molecule has 1 aromatic rings. The highest BCUT2D eigenvalue weighted by Crippen LogP contribution is 2.30. The van der Waals surface area contributed by atoms with Gasteiger partial charge in [0, 0.05) is 6.54 Å². The Kier molecular flexibility index (Phi) is 5.55. The highest BCUT2D eigenvalue weighted by Gasteiger charge is 2.49. The number of hydrogen-bond acceptors (Lipinski definition) is 4. The molecule has 1 fully saturated rings. The van der Waals surface area contributed by atoms with Gasteiger partial charge in [-0.05, 0) is 31.0 Å². The Morgan fingerprint density at radius 2 is 1.96 bits per heavy atom. The van der Waals surface area contributed by atoms with Crippen LogP contribution in [-0.2, 0) is 15.1 Å². The number of halogens is 2. The Hall–Kier alpha value is -2.71. The van der Waals surface area contributed by atoms with E-state index in [-0.39, 0.29) is 12.3 Å². The minimum absolute atomic E-state index is 0.0603. The third-order valence-corrected chi connectivity index (χ3v) is 3.81. The molecule has 0 unspecified atom stereocenters. The molecule has 1 aliphatic rings. The average Bonchev–Trinajstić information content (AvgIpc) is 2.77. The van der Waals surface area contributed by atoms with Crippen LogP contribution in [0.2, 0.25) is 0 Å². The second kappa shape index (κ2) is 7.45. The van der Waals surface area contributed by atoms with Crippen LogP contribution in [0.5, 0.6) is 5.75 Å². The molecule has 0 radical (unpaired) electrons. The Morgan fingerprint density at radius 1 is 1.32 bits per heavy atom. The van der Waals surface area contributed by atoms with Gasteiger partial charge in [0.2, 0.25) is 5.91 Å². The van der Waals surface area contributed by atoms with E-state index in [0.717, 1.165) is 11.3 Å². The highest BCUT2D eigenvalue weighted by atomic mass is 19.3. The highest BCUT2D eigenvalue weighted by molar-refractivity contribution is 6.09. The molecule has 0 aliphatic carbocycles. The molecule has 0 saturated carbocycles. The summed E-state index contributed by atoms with van der Waals surface area (Å²) < 4.78 is 28.6. The number of imide groups is 1. The van der Waals surface area contributed by atoms with Gasteiger partial charge in [0.15, 0.2) is 0 Å². The molecule has 4 amide bonds. The van der Waals surface area contributed by atoms with Crippen molar-refractivity contribution in [2.75, 3.05) is 13.1 Å². The fraction of sp³-hybridized carbons (Fsp3) is 0.438. The number of hydrogen-bond donors (Lipinski definition) is 2. The van der Waals surface area contributed by atoms with Gasteiger partial charge < -0.3 is 15.4 Å². The first-order chi connectivity index (χ1) is 11.8. The van der Waals surface area contributed by atoms with Crippen molar-refractivity contribution in [3.63, 3.8) is 0 Å². The summed E-state index contributed by atoms with van der Waals surface area (Å²) >= 11 is 0. The van der Waals surface area contributed by atoms with Crippen molar-refractivity contribution in [2.24, 2.45) is 0 Å². The monoisotopic (exact) mass is 355 g/mol. The van der Waals surface area contributed by atoms with Crippen LogP contribution in [0.15, 0.2) is 24.3 Å². The van der Waals surface area contributed by atoms with Crippen LogP contribution < -0.4 is 15.4 Å². The van der Waals surface area contributed by atoms with Crippen LogP contribution in [0.1, 0.15) is 25.8 Å². The molecular formula is C16H19F2N3O4. The van der Waals surface area contributed by atoms with Gasteiger partial charge in [-0.1, -0.05) is 19.1 Å². The van der Waals surface area contributed by atoms with Crippen LogP contribution in [0.25, 0.3) is 0 Å². The number of benzene rings is 1. The van der Waals surface area contributed by atoms with E-state index in [4.69, 9.17) is 0 Å². The minimum Gasteiger partial charge on any atom is -0.435 e. The van der Waals surface area contributed by atoms with Gasteiger partial charge in [-0.15, -0.1) is 0 Å². The van der Waals surface area contributed by atoms with Gasteiger partial charge in [0.05, 0.1) is 0 Å². The average molecular weight is 355 g/mol. The molecule has 2 rings (SSSR count). The molecule has 0 spiro atoms. The first kappa shape index (κ1) is 18.6. The first-order valence-corrected chi connectivity index (χ1v) is 7.74. The number of carbonyl (C=O) groups is 3. The van der Waals surface area contributed by atoms with Crippen LogP contribution in [0.4, 0.5) is 13.6 Å². The lowest BCUT2D eigenvalue weighted by molar-refractivity contribution is -0.134. The van der Waals surface area contributed by atoms with Crippen LogP contribution in [0.3, 0.4) is 0 Å². The van der Waals surface area contributed by atoms with Gasteiger partial charge in [-0.2, -0.15) is 8.78 Å². The molecule has 1 heterocycles. The lowest BCUT2D eigenvalue weighted by Gasteiger charge is -2.22. The van der Waals surface area contributed by atoms with Crippen molar-refractivity contribution in [1.29, 1.82) is 0 Å². The van der Waals surface area contributed by atoms with Crippen molar-refractivity contribution < 1.29 is 27.9 Å². The van der Waals surface area contributed by atoms with Gasteiger partial charge in [-0.25, -0.2) is 4.79 Å². The number of alkyl halides is 2. The van der Waals surface area contributed by atoms with Gasteiger partial charge in [0.25, 0.3) is 5.91 Å². The third kappa shape index (κ3) is 4.04. The number of nitrogens with one attached hydrogen (secondary N) is 2. The van der Waals surface area contributed by atoms with Crippen molar-refractivity contribution >= 4 is 17.8 Å². The van der Waals surface area contributed by atoms with E-state index < -0.39 is 30.0 Å². The largest absolute Gasteiger partial charge is 0.435 e. The second-order valence-electron chi connectivity index (χ2n) is 5.70. The third-order valence-electron chi connectivity index (χ3n) is 3.81. The summed E-state index contributed by atoms with van der Waals surface area (Å²) in [7, 11) is 0. The van der Waals surface area contributed by atoms with E-state index in [9.17, 15) is 23.2 Å². The fourth-order valence-corrected chi connectivity index (χ4v) is 2.47. The van der Waals surface area contributed by atoms with E-state index in [1.54, 1.807) is 0 Å². The summed E-state index contributed by atoms with van der Waals surface area (Å²) in [6, 6.07) is 4.70. The number of carbonyl (C=O) groups excluding carboxylic acids is 3. The Balaban J connectivity index is 2.14. The molecule has 0 bridgehead atoms. The molecular weight excluding hydrogens is 336 g/mol.